The molecule has 2 rings (SSSR count). The number of carbonyl (C=O) groups is 1. The van der Waals surface area contributed by atoms with Crippen molar-refractivity contribution in [3.63, 3.8) is 0 Å². The van der Waals surface area contributed by atoms with Crippen molar-refractivity contribution in [3.05, 3.63) is 38.7 Å². The summed E-state index contributed by atoms with van der Waals surface area (Å²) in [5.74, 6) is -0.418. The quantitative estimate of drug-likeness (QED) is 0.684. The maximum Gasteiger partial charge on any atom is 0.332 e. The van der Waals surface area contributed by atoms with Crippen LogP contribution in [0.2, 0.25) is 0 Å². The predicted octanol–water partition coefficient (Wildman–Crippen LogP) is -1.26. The van der Waals surface area contributed by atoms with Crippen LogP contribution < -0.4 is 16.6 Å². The molecule has 112 valence electrons. The zero-order valence-corrected chi connectivity index (χ0v) is 11.8. The molecule has 0 unspecified atom stereocenters. The smallest absolute Gasteiger partial charge is 0.332 e. The topological polar surface area (TPSA) is 106 Å². The van der Waals surface area contributed by atoms with E-state index in [9.17, 15) is 14.4 Å². The Kier molecular flexibility index (Phi) is 4.18. The number of aromatic nitrogens is 3. The molecule has 2 aromatic heterocycles. The maximum atomic E-state index is 12.0. The van der Waals surface area contributed by atoms with Gasteiger partial charge in [0.05, 0.1) is 5.39 Å². The Bertz CT molecular complexity index is 806. The highest BCUT2D eigenvalue weighted by Crippen LogP contribution is 2.06. The number of fused-ring (bicyclic) bond motifs is 1. The lowest BCUT2D eigenvalue weighted by atomic mass is 10.2. The van der Waals surface area contributed by atoms with Crippen LogP contribution >= 0.6 is 0 Å². The van der Waals surface area contributed by atoms with Crippen molar-refractivity contribution in [1.82, 2.24) is 19.4 Å². The van der Waals surface area contributed by atoms with Crippen molar-refractivity contribution in [3.8, 4) is 0 Å². The molecule has 0 saturated heterocycles. The van der Waals surface area contributed by atoms with Crippen LogP contribution in [0.4, 0.5) is 0 Å². The van der Waals surface area contributed by atoms with Crippen molar-refractivity contribution < 1.29 is 9.90 Å². The summed E-state index contributed by atoms with van der Waals surface area (Å²) in [6.07, 6.45) is 0.443. The average Bonchev–Trinajstić information content (AvgIpc) is 2.50. The standard InChI is InChI=1S/C13H16N4O4/c1-16-10-8(12(20)17(2)13(16)21)4-5-9(15-10)11(19)14-6-3-7-18/h4-5,18H,3,6-7H2,1-2H3,(H,14,19). The number of rotatable bonds is 4. The third-order valence-corrected chi connectivity index (χ3v) is 3.15. The Morgan fingerprint density at radius 2 is 2.00 bits per heavy atom. The number of nitrogens with zero attached hydrogens (tertiary/aromatic N) is 3. The molecule has 8 nitrogen and oxygen atoms in total. The third kappa shape index (κ3) is 2.70. The van der Waals surface area contributed by atoms with E-state index in [1.807, 2.05) is 0 Å². The first kappa shape index (κ1) is 14.9. The molecule has 0 bridgehead atoms. The summed E-state index contributed by atoms with van der Waals surface area (Å²) in [4.78, 5) is 39.8. The van der Waals surface area contributed by atoms with E-state index in [4.69, 9.17) is 5.11 Å². The second-order valence-corrected chi connectivity index (χ2v) is 4.61. The molecule has 8 heteroatoms. The predicted molar refractivity (Wildman–Crippen MR) is 76.3 cm³/mol. The molecule has 1 amide bonds. The van der Waals surface area contributed by atoms with E-state index in [1.54, 1.807) is 0 Å². The van der Waals surface area contributed by atoms with Gasteiger partial charge in [-0.05, 0) is 18.6 Å². The van der Waals surface area contributed by atoms with Crippen LogP contribution in [0.25, 0.3) is 11.0 Å². The van der Waals surface area contributed by atoms with Gasteiger partial charge < -0.3 is 10.4 Å². The second kappa shape index (κ2) is 5.88. The van der Waals surface area contributed by atoms with Crippen molar-refractivity contribution in [1.29, 1.82) is 0 Å². The molecular weight excluding hydrogens is 276 g/mol. The number of aryl methyl sites for hydroxylation is 1. The van der Waals surface area contributed by atoms with E-state index in [-0.39, 0.29) is 23.3 Å². The summed E-state index contributed by atoms with van der Waals surface area (Å²) >= 11 is 0. The largest absolute Gasteiger partial charge is 0.396 e. The molecule has 2 heterocycles. The number of amides is 1. The van der Waals surface area contributed by atoms with Gasteiger partial charge in [-0.15, -0.1) is 0 Å². The van der Waals surface area contributed by atoms with Gasteiger partial charge in [-0.25, -0.2) is 9.78 Å². The van der Waals surface area contributed by atoms with Crippen molar-refractivity contribution in [2.45, 2.75) is 6.42 Å². The minimum Gasteiger partial charge on any atom is -0.396 e. The van der Waals surface area contributed by atoms with Gasteiger partial charge in [0.2, 0.25) is 0 Å². The lowest BCUT2D eigenvalue weighted by molar-refractivity contribution is 0.0946. The molecule has 0 saturated carbocycles. The summed E-state index contributed by atoms with van der Waals surface area (Å²) in [6, 6.07) is 2.91. The van der Waals surface area contributed by atoms with Crippen LogP contribution in [-0.2, 0) is 14.1 Å². The highest BCUT2D eigenvalue weighted by atomic mass is 16.3. The van der Waals surface area contributed by atoms with E-state index >= 15 is 0 Å². The van der Waals surface area contributed by atoms with E-state index < -0.39 is 17.2 Å². The lowest BCUT2D eigenvalue weighted by Gasteiger charge is -2.08. The Hall–Kier alpha value is -2.48. The van der Waals surface area contributed by atoms with Gasteiger partial charge in [-0.1, -0.05) is 0 Å². The number of aliphatic hydroxyl groups is 1. The fourth-order valence-corrected chi connectivity index (χ4v) is 1.95. The Morgan fingerprint density at radius 3 is 2.67 bits per heavy atom. The molecule has 0 aliphatic rings. The monoisotopic (exact) mass is 292 g/mol. The van der Waals surface area contributed by atoms with Crippen LogP contribution in [0, 0.1) is 0 Å². The SMILES string of the molecule is Cn1c(=O)c2ccc(C(=O)NCCCO)nc2n(C)c1=O. The Labute approximate surface area is 119 Å². The van der Waals surface area contributed by atoms with Gasteiger partial charge in [-0.2, -0.15) is 0 Å². The van der Waals surface area contributed by atoms with Crippen LogP contribution in [0.1, 0.15) is 16.9 Å². The average molecular weight is 292 g/mol. The zero-order valence-electron chi connectivity index (χ0n) is 11.8. The highest BCUT2D eigenvalue weighted by Gasteiger charge is 2.13. The van der Waals surface area contributed by atoms with Crippen molar-refractivity contribution in [2.24, 2.45) is 14.1 Å². The summed E-state index contributed by atoms with van der Waals surface area (Å²) < 4.78 is 2.21. The van der Waals surface area contributed by atoms with E-state index in [2.05, 4.69) is 10.3 Å². The molecule has 0 aliphatic heterocycles. The molecule has 0 aromatic carbocycles. The summed E-state index contributed by atoms with van der Waals surface area (Å²) in [5.41, 5.74) is -0.674. The van der Waals surface area contributed by atoms with Gasteiger partial charge in [0.15, 0.2) is 0 Å². The fraction of sp³-hybridized carbons (Fsp3) is 0.385. The summed E-state index contributed by atoms with van der Waals surface area (Å²) in [5, 5.41) is 11.5. The third-order valence-electron chi connectivity index (χ3n) is 3.15. The fourth-order valence-electron chi connectivity index (χ4n) is 1.95. The first-order valence-electron chi connectivity index (χ1n) is 6.43. The van der Waals surface area contributed by atoms with E-state index in [0.717, 1.165) is 4.57 Å². The van der Waals surface area contributed by atoms with E-state index in [1.165, 1.54) is 30.8 Å². The summed E-state index contributed by atoms with van der Waals surface area (Å²) in [6.45, 7) is 0.306. The first-order chi connectivity index (χ1) is 9.97. The first-order valence-corrected chi connectivity index (χ1v) is 6.43. The number of nitrogens with one attached hydrogen (secondary N) is 1. The number of hydrogen-bond donors (Lipinski definition) is 2. The second-order valence-electron chi connectivity index (χ2n) is 4.61. The molecule has 21 heavy (non-hydrogen) atoms. The van der Waals surface area contributed by atoms with Crippen LogP contribution in [0.5, 0.6) is 0 Å². The van der Waals surface area contributed by atoms with Gasteiger partial charge in [0, 0.05) is 27.2 Å². The number of pyridine rings is 1. The molecule has 0 atom stereocenters. The normalized spacial score (nSPS) is 10.8. The molecule has 0 fully saturated rings. The van der Waals surface area contributed by atoms with Crippen LogP contribution in [-0.4, -0.2) is 38.3 Å². The molecule has 0 aliphatic carbocycles. The lowest BCUT2D eigenvalue weighted by Crippen LogP contribution is -2.37. The molecule has 2 N–H and O–H groups in total. The van der Waals surface area contributed by atoms with Gasteiger partial charge in [-0.3, -0.25) is 18.7 Å². The van der Waals surface area contributed by atoms with Gasteiger partial charge >= 0.3 is 5.69 Å². The van der Waals surface area contributed by atoms with Crippen molar-refractivity contribution >= 4 is 16.9 Å². The van der Waals surface area contributed by atoms with Gasteiger partial charge in [0.25, 0.3) is 11.5 Å². The minimum absolute atomic E-state index is 0.0179. The Balaban J connectivity index is 2.50. The molecular formula is C13H16N4O4. The summed E-state index contributed by atoms with van der Waals surface area (Å²) in [7, 11) is 2.88. The number of carbonyl (C=O) groups excluding carboxylic acids is 1. The zero-order chi connectivity index (χ0) is 15.6. The molecule has 0 radical (unpaired) electrons. The van der Waals surface area contributed by atoms with Crippen LogP contribution in [0.15, 0.2) is 21.7 Å². The van der Waals surface area contributed by atoms with Gasteiger partial charge in [0.1, 0.15) is 11.3 Å². The van der Waals surface area contributed by atoms with Crippen molar-refractivity contribution in [2.75, 3.05) is 13.2 Å². The molecule has 2 aromatic rings. The number of aliphatic hydroxyl groups excluding tert-OH is 1. The molecule has 0 spiro atoms. The van der Waals surface area contributed by atoms with E-state index in [0.29, 0.717) is 13.0 Å². The minimum atomic E-state index is -0.502. The Morgan fingerprint density at radius 1 is 1.29 bits per heavy atom. The van der Waals surface area contributed by atoms with Crippen LogP contribution in [0.3, 0.4) is 0 Å². The highest BCUT2D eigenvalue weighted by molar-refractivity contribution is 5.94. The maximum absolute atomic E-state index is 12.0. The number of hydrogen-bond acceptors (Lipinski definition) is 5.